The van der Waals surface area contributed by atoms with Gasteiger partial charge in [-0.3, -0.25) is 10.1 Å². The van der Waals surface area contributed by atoms with E-state index in [-0.39, 0.29) is 6.42 Å². The summed E-state index contributed by atoms with van der Waals surface area (Å²) in [5, 5.41) is 19.6. The zero-order valence-electron chi connectivity index (χ0n) is 6.66. The molecule has 3 N–H and O–H groups in total. The van der Waals surface area contributed by atoms with Crippen molar-refractivity contribution in [3.05, 3.63) is 0 Å². The van der Waals surface area contributed by atoms with Gasteiger partial charge >= 0.3 is 5.97 Å². The van der Waals surface area contributed by atoms with Crippen molar-refractivity contribution in [1.82, 2.24) is 5.32 Å². The van der Waals surface area contributed by atoms with Crippen LogP contribution in [0.4, 0.5) is 0 Å². The fourth-order valence-electron chi connectivity index (χ4n) is 0.696. The van der Waals surface area contributed by atoms with Crippen LogP contribution in [0.1, 0.15) is 15.5 Å². The molecule has 1 unspecified atom stereocenters. The Balaban J connectivity index is 2.64. The van der Waals surface area contributed by atoms with Crippen molar-refractivity contribution in [2.45, 2.75) is 25.1 Å². The van der Waals surface area contributed by atoms with Crippen LogP contribution in [0.3, 0.4) is 0 Å². The van der Waals surface area contributed by atoms with Gasteiger partial charge in [-0.05, 0) is 12.8 Å². The normalized spacial score (nSPS) is 43.7. The highest BCUT2D eigenvalue weighted by Crippen LogP contribution is 2.09. The van der Waals surface area contributed by atoms with Crippen LogP contribution in [0.25, 0.3) is 0 Å². The Morgan fingerprint density at radius 2 is 2.56 bits per heavy atom. The number of aliphatic hydroxyl groups is 1. The summed E-state index contributed by atoms with van der Waals surface area (Å²) in [7, 11) is 0. The van der Waals surface area contributed by atoms with Crippen LogP contribution in [-0.2, 0) is 4.79 Å². The lowest BCUT2D eigenvalue weighted by atomic mass is 10.2. The predicted octanol–water partition coefficient (Wildman–Crippen LogP) is -0.859. The van der Waals surface area contributed by atoms with Crippen molar-refractivity contribution in [3.63, 3.8) is 0 Å². The number of aliphatic carboxylic acids is 1. The standard InChI is InChI=1S/C5H9NO3/c7-4-2-1-3(6-4)5(8)9/h3-4,6-7H,1-2H2,(H,8,9)/t3-,4?/m0/s1/i2D2. The first kappa shape index (κ1) is 4.24. The van der Waals surface area contributed by atoms with E-state index in [0.29, 0.717) is 0 Å². The Bertz CT molecular complexity index is 185. The highest BCUT2D eigenvalue weighted by atomic mass is 16.4. The molecule has 1 saturated heterocycles. The molecule has 1 aliphatic rings. The number of hydrogen-bond acceptors (Lipinski definition) is 3. The van der Waals surface area contributed by atoms with E-state index >= 15 is 0 Å². The first-order chi connectivity index (χ1) is 4.93. The van der Waals surface area contributed by atoms with E-state index in [9.17, 15) is 4.79 Å². The van der Waals surface area contributed by atoms with Gasteiger partial charge in [0.05, 0.1) is 0 Å². The van der Waals surface area contributed by atoms with Crippen molar-refractivity contribution in [1.29, 1.82) is 0 Å². The average Bonchev–Trinajstić information content (AvgIpc) is 2.08. The van der Waals surface area contributed by atoms with E-state index < -0.39 is 24.6 Å². The monoisotopic (exact) mass is 133 g/mol. The lowest BCUT2D eigenvalue weighted by Crippen LogP contribution is -2.34. The summed E-state index contributed by atoms with van der Waals surface area (Å²) in [5.74, 6) is -1.13. The Labute approximate surface area is 55.3 Å². The van der Waals surface area contributed by atoms with Gasteiger partial charge < -0.3 is 10.2 Å². The summed E-state index contributed by atoms with van der Waals surface area (Å²) in [6.45, 7) is 0. The van der Waals surface area contributed by atoms with Gasteiger partial charge in [0.25, 0.3) is 0 Å². The molecule has 0 saturated carbocycles. The zero-order chi connectivity index (χ0) is 8.65. The summed E-state index contributed by atoms with van der Waals surface area (Å²) in [6.07, 6.45) is -3.39. The summed E-state index contributed by atoms with van der Waals surface area (Å²) in [4.78, 5) is 10.3. The van der Waals surface area contributed by atoms with Gasteiger partial charge in [-0.25, -0.2) is 0 Å². The minimum Gasteiger partial charge on any atom is -0.480 e. The molecule has 0 aliphatic carbocycles. The highest BCUT2D eigenvalue weighted by molar-refractivity contribution is 5.73. The molecule has 1 rings (SSSR count). The smallest absolute Gasteiger partial charge is 0.320 e. The molecule has 0 bridgehead atoms. The topological polar surface area (TPSA) is 69.6 Å². The average molecular weight is 133 g/mol. The molecule has 1 fully saturated rings. The molecule has 52 valence electrons. The van der Waals surface area contributed by atoms with E-state index in [1.165, 1.54) is 0 Å². The molecule has 0 spiro atoms. The fourth-order valence-corrected chi connectivity index (χ4v) is 0.696. The summed E-state index contributed by atoms with van der Waals surface area (Å²) in [5.41, 5.74) is 0. The van der Waals surface area contributed by atoms with E-state index in [1.54, 1.807) is 0 Å². The van der Waals surface area contributed by atoms with Crippen molar-refractivity contribution in [2.75, 3.05) is 0 Å². The van der Waals surface area contributed by atoms with E-state index in [0.717, 1.165) is 0 Å². The number of hydrogen-bond donors (Lipinski definition) is 3. The Morgan fingerprint density at radius 3 is 2.78 bits per heavy atom. The molecule has 0 radical (unpaired) electrons. The number of carbonyl (C=O) groups is 1. The SMILES string of the molecule is [2H]C1([2H])C[C@@H](C(=O)O)NC1O. The van der Waals surface area contributed by atoms with Crippen LogP contribution < -0.4 is 5.32 Å². The number of carboxylic acids is 1. The number of carboxylic acid groups (broad SMARTS) is 1. The maximum atomic E-state index is 10.3. The molecule has 1 aliphatic heterocycles. The van der Waals surface area contributed by atoms with Crippen LogP contribution in [0.15, 0.2) is 0 Å². The maximum Gasteiger partial charge on any atom is 0.320 e. The van der Waals surface area contributed by atoms with Gasteiger partial charge in [0, 0.05) is 2.74 Å². The lowest BCUT2D eigenvalue weighted by molar-refractivity contribution is -0.139. The van der Waals surface area contributed by atoms with Gasteiger partial charge in [0.2, 0.25) is 0 Å². The molecule has 4 heteroatoms. The van der Waals surface area contributed by atoms with Gasteiger partial charge in [-0.1, -0.05) is 0 Å². The number of nitrogens with one attached hydrogen (secondary N) is 1. The van der Waals surface area contributed by atoms with E-state index in [2.05, 4.69) is 5.32 Å². The van der Waals surface area contributed by atoms with Crippen molar-refractivity contribution in [3.8, 4) is 0 Å². The minimum absolute atomic E-state index is 0.191. The summed E-state index contributed by atoms with van der Waals surface area (Å²) >= 11 is 0. The van der Waals surface area contributed by atoms with Crippen LogP contribution in [0, 0.1) is 0 Å². The molecule has 9 heavy (non-hydrogen) atoms. The summed E-state index contributed by atoms with van der Waals surface area (Å²) in [6, 6.07) is -0.972. The Morgan fingerprint density at radius 1 is 1.89 bits per heavy atom. The van der Waals surface area contributed by atoms with Gasteiger partial charge in [0.15, 0.2) is 0 Å². The number of aliphatic hydroxyl groups excluding tert-OH is 1. The second kappa shape index (κ2) is 2.33. The molecule has 0 aromatic rings. The van der Waals surface area contributed by atoms with Crippen molar-refractivity contribution < 1.29 is 17.7 Å². The van der Waals surface area contributed by atoms with Gasteiger partial charge in [-0.15, -0.1) is 0 Å². The molecule has 4 nitrogen and oxygen atoms in total. The molecule has 2 atom stereocenters. The van der Waals surface area contributed by atoms with Crippen LogP contribution in [0.2, 0.25) is 0 Å². The van der Waals surface area contributed by atoms with E-state index in [4.69, 9.17) is 13.0 Å². The number of rotatable bonds is 1. The van der Waals surface area contributed by atoms with Crippen molar-refractivity contribution >= 4 is 5.97 Å². The quantitative estimate of drug-likeness (QED) is 0.435. The highest BCUT2D eigenvalue weighted by Gasteiger charge is 2.26. The largest absolute Gasteiger partial charge is 0.480 e. The molecule has 0 amide bonds. The predicted molar refractivity (Wildman–Crippen MR) is 29.8 cm³/mol. The van der Waals surface area contributed by atoms with Gasteiger partial charge in [0.1, 0.15) is 12.3 Å². The summed E-state index contributed by atoms with van der Waals surface area (Å²) < 4.78 is 14.2. The van der Waals surface area contributed by atoms with Gasteiger partial charge in [-0.2, -0.15) is 0 Å². The van der Waals surface area contributed by atoms with Crippen LogP contribution >= 0.6 is 0 Å². The first-order valence-electron chi connectivity index (χ1n) is 3.60. The molecule has 0 aromatic heterocycles. The Kier molecular flexibility index (Phi) is 1.10. The molecule has 0 aromatic carbocycles. The van der Waals surface area contributed by atoms with E-state index in [1.807, 2.05) is 0 Å². The second-order valence-electron chi connectivity index (χ2n) is 1.87. The maximum absolute atomic E-state index is 10.3. The molecular formula is C5H9NO3. The Hall–Kier alpha value is -0.610. The third-order valence-electron chi connectivity index (χ3n) is 1.17. The second-order valence-corrected chi connectivity index (χ2v) is 1.87. The third kappa shape index (κ3) is 1.40. The minimum atomic E-state index is -1.83. The first-order valence-corrected chi connectivity index (χ1v) is 2.60. The molecular weight excluding hydrogens is 122 g/mol. The zero-order valence-corrected chi connectivity index (χ0v) is 4.66. The molecule has 1 heterocycles. The van der Waals surface area contributed by atoms with Crippen LogP contribution in [-0.4, -0.2) is 28.5 Å². The van der Waals surface area contributed by atoms with Crippen LogP contribution in [0.5, 0.6) is 0 Å². The fraction of sp³-hybridized carbons (Fsp3) is 0.800. The van der Waals surface area contributed by atoms with Crippen molar-refractivity contribution in [2.24, 2.45) is 0 Å². The lowest BCUT2D eigenvalue weighted by Gasteiger charge is -2.03. The third-order valence-corrected chi connectivity index (χ3v) is 1.17.